The van der Waals surface area contributed by atoms with Gasteiger partial charge < -0.3 is 14.6 Å². The van der Waals surface area contributed by atoms with Crippen LogP contribution in [0.5, 0.6) is 0 Å². The van der Waals surface area contributed by atoms with E-state index < -0.39 is 35.6 Å². The van der Waals surface area contributed by atoms with Gasteiger partial charge in [-0.3, -0.25) is 4.79 Å². The number of carboxylic acids is 1. The van der Waals surface area contributed by atoms with Gasteiger partial charge >= 0.3 is 24.1 Å². The van der Waals surface area contributed by atoms with E-state index in [2.05, 4.69) is 0 Å². The van der Waals surface area contributed by atoms with E-state index in [1.54, 1.807) is 36.4 Å². The zero-order valence-corrected chi connectivity index (χ0v) is 23.2. The second-order valence-electron chi connectivity index (χ2n) is 9.93. The predicted octanol–water partition coefficient (Wildman–Crippen LogP) is 7.89. The SMILES string of the molecule is CCCCCCC(OC(=O)c1ccccc1C(CCCC)(CCCOC(=O)c1ccccc1)C(=O)O)C(F)(F)F. The largest absolute Gasteiger partial charge is 0.481 e. The summed E-state index contributed by atoms with van der Waals surface area (Å²) in [6.45, 7) is 3.77. The van der Waals surface area contributed by atoms with Crippen molar-refractivity contribution in [1.82, 2.24) is 0 Å². The van der Waals surface area contributed by atoms with Crippen LogP contribution in [0.4, 0.5) is 13.2 Å². The van der Waals surface area contributed by atoms with Crippen molar-refractivity contribution in [3.63, 3.8) is 0 Å². The highest BCUT2D eigenvalue weighted by Crippen LogP contribution is 2.38. The Hall–Kier alpha value is -3.36. The lowest BCUT2D eigenvalue weighted by molar-refractivity contribution is -0.206. The highest BCUT2D eigenvalue weighted by atomic mass is 19.4. The number of halogens is 3. The number of hydrogen-bond acceptors (Lipinski definition) is 5. The molecular weight excluding hydrogens is 525 g/mol. The molecule has 0 aliphatic rings. The van der Waals surface area contributed by atoms with Crippen LogP contribution in [-0.2, 0) is 19.7 Å². The molecule has 0 aliphatic heterocycles. The summed E-state index contributed by atoms with van der Waals surface area (Å²) in [6.07, 6.45) is -3.42. The third-order valence-corrected chi connectivity index (χ3v) is 6.95. The van der Waals surface area contributed by atoms with E-state index in [0.29, 0.717) is 24.8 Å². The zero-order valence-electron chi connectivity index (χ0n) is 23.2. The van der Waals surface area contributed by atoms with E-state index in [4.69, 9.17) is 9.47 Å². The maximum atomic E-state index is 13.7. The minimum Gasteiger partial charge on any atom is -0.481 e. The monoisotopic (exact) mass is 564 g/mol. The standard InChI is InChI=1S/C31H39F3O6/c1-3-5-7-11-19-26(31(32,33)34)40-28(36)24-17-12-13-18-25(24)30(29(37)38,20-6-4-2)21-14-22-39-27(35)23-15-9-8-10-16-23/h8-10,12-13,15-18,26H,3-7,11,14,19-22H2,1-2H3,(H,37,38). The fraction of sp³-hybridized carbons (Fsp3) is 0.516. The van der Waals surface area contributed by atoms with Crippen molar-refractivity contribution in [3.8, 4) is 0 Å². The summed E-state index contributed by atoms with van der Waals surface area (Å²) in [5, 5.41) is 10.4. The number of benzene rings is 2. The molecule has 9 heteroatoms. The van der Waals surface area contributed by atoms with Gasteiger partial charge in [0.25, 0.3) is 0 Å². The predicted molar refractivity (Wildman–Crippen MR) is 145 cm³/mol. The van der Waals surface area contributed by atoms with Crippen molar-refractivity contribution in [2.75, 3.05) is 6.61 Å². The van der Waals surface area contributed by atoms with Crippen molar-refractivity contribution in [1.29, 1.82) is 0 Å². The number of unbranched alkanes of at least 4 members (excludes halogenated alkanes) is 4. The Morgan fingerprint density at radius 1 is 0.800 bits per heavy atom. The lowest BCUT2D eigenvalue weighted by atomic mass is 9.71. The third kappa shape index (κ3) is 9.38. The lowest BCUT2D eigenvalue weighted by Gasteiger charge is -2.32. The molecule has 0 heterocycles. The molecule has 0 fully saturated rings. The molecule has 2 atom stereocenters. The molecule has 0 bridgehead atoms. The summed E-state index contributed by atoms with van der Waals surface area (Å²) in [5.41, 5.74) is -1.33. The summed E-state index contributed by atoms with van der Waals surface area (Å²) in [7, 11) is 0. The van der Waals surface area contributed by atoms with Crippen LogP contribution in [0.25, 0.3) is 0 Å². The molecule has 2 unspecified atom stereocenters. The van der Waals surface area contributed by atoms with Crippen LogP contribution in [0.3, 0.4) is 0 Å². The van der Waals surface area contributed by atoms with Gasteiger partial charge in [-0.2, -0.15) is 13.2 Å². The highest BCUT2D eigenvalue weighted by Gasteiger charge is 2.45. The Morgan fingerprint density at radius 2 is 1.43 bits per heavy atom. The van der Waals surface area contributed by atoms with Crippen molar-refractivity contribution >= 4 is 17.9 Å². The van der Waals surface area contributed by atoms with Crippen LogP contribution >= 0.6 is 0 Å². The first-order chi connectivity index (χ1) is 19.1. The van der Waals surface area contributed by atoms with Crippen molar-refractivity contribution in [2.45, 2.75) is 95.8 Å². The second kappa shape index (κ2) is 16.0. The molecule has 0 aromatic heterocycles. The van der Waals surface area contributed by atoms with Crippen molar-refractivity contribution < 1.29 is 42.1 Å². The van der Waals surface area contributed by atoms with Gasteiger partial charge in [0.1, 0.15) is 0 Å². The summed E-state index contributed by atoms with van der Waals surface area (Å²) >= 11 is 0. The van der Waals surface area contributed by atoms with Gasteiger partial charge in [-0.15, -0.1) is 0 Å². The topological polar surface area (TPSA) is 89.9 Å². The van der Waals surface area contributed by atoms with Crippen LogP contribution in [-0.4, -0.2) is 41.9 Å². The number of alkyl halides is 3. The molecule has 0 radical (unpaired) electrons. The Balaban J connectivity index is 2.29. The molecule has 0 spiro atoms. The quantitative estimate of drug-likeness (QED) is 0.155. The molecule has 2 aromatic rings. The van der Waals surface area contributed by atoms with E-state index in [0.717, 1.165) is 12.8 Å². The number of esters is 2. The average molecular weight is 565 g/mol. The molecular formula is C31H39F3O6. The van der Waals surface area contributed by atoms with Crippen LogP contribution in [0.2, 0.25) is 0 Å². The molecule has 0 saturated carbocycles. The Bertz CT molecular complexity index is 1090. The minimum absolute atomic E-state index is 0.00835. The number of aliphatic carboxylic acids is 1. The summed E-state index contributed by atoms with van der Waals surface area (Å²) < 4.78 is 51.4. The van der Waals surface area contributed by atoms with Crippen molar-refractivity contribution in [3.05, 3.63) is 71.3 Å². The molecule has 1 N–H and O–H groups in total. The molecule has 2 aromatic carbocycles. The van der Waals surface area contributed by atoms with Crippen LogP contribution in [0.15, 0.2) is 54.6 Å². The average Bonchev–Trinajstić information content (AvgIpc) is 2.94. The first-order valence-corrected chi connectivity index (χ1v) is 13.9. The zero-order chi connectivity index (χ0) is 29.6. The second-order valence-corrected chi connectivity index (χ2v) is 9.93. The van der Waals surface area contributed by atoms with E-state index in [1.165, 1.54) is 18.2 Å². The molecule has 2 rings (SSSR count). The van der Waals surface area contributed by atoms with Gasteiger partial charge in [-0.1, -0.05) is 82.3 Å². The first kappa shape index (κ1) is 32.8. The molecule has 40 heavy (non-hydrogen) atoms. The number of rotatable bonds is 17. The smallest absolute Gasteiger partial charge is 0.425 e. The summed E-state index contributed by atoms with van der Waals surface area (Å²) in [6, 6.07) is 14.1. The number of hydrogen-bond donors (Lipinski definition) is 1. The number of carbonyl (C=O) groups excluding carboxylic acids is 2. The summed E-state index contributed by atoms with van der Waals surface area (Å²) in [4.78, 5) is 38.2. The van der Waals surface area contributed by atoms with Gasteiger partial charge in [0, 0.05) is 0 Å². The Labute approximate surface area is 233 Å². The van der Waals surface area contributed by atoms with Crippen LogP contribution in [0, 0.1) is 0 Å². The van der Waals surface area contributed by atoms with E-state index in [1.807, 2.05) is 13.8 Å². The highest BCUT2D eigenvalue weighted by molar-refractivity contribution is 5.95. The number of ether oxygens (including phenoxy) is 2. The first-order valence-electron chi connectivity index (χ1n) is 13.9. The number of carboxylic acid groups (broad SMARTS) is 1. The van der Waals surface area contributed by atoms with E-state index in [-0.39, 0.29) is 49.8 Å². The van der Waals surface area contributed by atoms with Crippen molar-refractivity contribution in [2.24, 2.45) is 0 Å². The van der Waals surface area contributed by atoms with Gasteiger partial charge in [0.2, 0.25) is 0 Å². The molecule has 220 valence electrons. The van der Waals surface area contributed by atoms with Gasteiger partial charge in [0.15, 0.2) is 6.10 Å². The van der Waals surface area contributed by atoms with E-state index >= 15 is 0 Å². The molecule has 0 amide bonds. The summed E-state index contributed by atoms with van der Waals surface area (Å²) in [5.74, 6) is -2.95. The van der Waals surface area contributed by atoms with E-state index in [9.17, 15) is 32.7 Å². The maximum Gasteiger partial charge on any atom is 0.425 e. The lowest BCUT2D eigenvalue weighted by Crippen LogP contribution is -2.39. The molecule has 6 nitrogen and oxygen atoms in total. The normalized spacial score (nSPS) is 13.7. The van der Waals surface area contributed by atoms with Gasteiger partial charge in [-0.05, 0) is 55.9 Å². The maximum absolute atomic E-state index is 13.7. The third-order valence-electron chi connectivity index (χ3n) is 6.95. The fourth-order valence-corrected chi connectivity index (χ4v) is 4.72. The van der Waals surface area contributed by atoms with Gasteiger partial charge in [-0.25, -0.2) is 9.59 Å². The molecule has 0 saturated heterocycles. The van der Waals surface area contributed by atoms with Crippen LogP contribution < -0.4 is 0 Å². The number of carbonyl (C=O) groups is 3. The van der Waals surface area contributed by atoms with Crippen LogP contribution in [0.1, 0.15) is 104 Å². The van der Waals surface area contributed by atoms with Gasteiger partial charge in [0.05, 0.1) is 23.1 Å². The fourth-order valence-electron chi connectivity index (χ4n) is 4.72. The Morgan fingerprint density at radius 3 is 2.05 bits per heavy atom. The Kier molecular flexibility index (Phi) is 13.2. The minimum atomic E-state index is -4.74. The molecule has 0 aliphatic carbocycles.